The molecule has 3 nitrogen and oxygen atoms in total. The fraction of sp³-hybridized carbons (Fsp3) is 0.444. The summed E-state index contributed by atoms with van der Waals surface area (Å²) in [6.07, 6.45) is 1.88. The van der Waals surface area contributed by atoms with E-state index in [0.29, 0.717) is 6.04 Å². The second-order valence-corrected chi connectivity index (χ2v) is 3.34. The highest BCUT2D eigenvalue weighted by molar-refractivity contribution is 5.67. The van der Waals surface area contributed by atoms with Gasteiger partial charge in [0.1, 0.15) is 5.82 Å². The first-order valence-corrected chi connectivity index (χ1v) is 4.23. The number of hydrogen-bond donors (Lipinski definition) is 2. The quantitative estimate of drug-likeness (QED) is 0.610. The molecular formula is C9H13N3. The minimum Gasteiger partial charge on any atom is -0.380 e. The molecule has 2 N–H and O–H groups in total. The molecule has 0 aliphatic carbocycles. The summed E-state index contributed by atoms with van der Waals surface area (Å²) in [5, 5.41) is 6.64. The van der Waals surface area contributed by atoms with Crippen molar-refractivity contribution in [1.29, 1.82) is 0 Å². The van der Waals surface area contributed by atoms with E-state index in [1.165, 1.54) is 5.56 Å². The Balaban J connectivity index is 2.37. The topological polar surface area (TPSA) is 37.0 Å². The van der Waals surface area contributed by atoms with Crippen molar-refractivity contribution in [2.24, 2.45) is 0 Å². The molecule has 2 rings (SSSR count). The second-order valence-electron chi connectivity index (χ2n) is 3.34. The van der Waals surface area contributed by atoms with Crippen LogP contribution in [0, 0.1) is 6.92 Å². The lowest BCUT2D eigenvalue weighted by molar-refractivity contribution is 0.807. The second kappa shape index (κ2) is 2.66. The molecule has 3 heteroatoms. The zero-order chi connectivity index (χ0) is 8.55. The molecule has 1 aromatic rings. The lowest BCUT2D eigenvalue weighted by Gasteiger charge is -2.24. The van der Waals surface area contributed by atoms with Crippen molar-refractivity contribution in [3.05, 3.63) is 17.8 Å². The molecule has 0 bridgehead atoms. The standard InChI is InChI=1S/C9H13N3/c1-6-3-8-9(11-4-6)12-7(2)5-10-8/h3-4,7,10H,5H2,1-2H3,(H,11,12). The third kappa shape index (κ3) is 1.22. The Bertz CT molecular complexity index is 296. The van der Waals surface area contributed by atoms with Crippen LogP contribution in [0.1, 0.15) is 12.5 Å². The number of fused-ring (bicyclic) bond motifs is 1. The van der Waals surface area contributed by atoms with E-state index in [-0.39, 0.29) is 0 Å². The van der Waals surface area contributed by atoms with E-state index in [1.54, 1.807) is 0 Å². The average molecular weight is 163 g/mol. The van der Waals surface area contributed by atoms with Gasteiger partial charge >= 0.3 is 0 Å². The van der Waals surface area contributed by atoms with Gasteiger partial charge in [-0.15, -0.1) is 0 Å². The van der Waals surface area contributed by atoms with E-state index in [9.17, 15) is 0 Å². The predicted molar refractivity (Wildman–Crippen MR) is 50.5 cm³/mol. The summed E-state index contributed by atoms with van der Waals surface area (Å²) in [5.41, 5.74) is 2.31. The SMILES string of the molecule is Cc1cnc2c(c1)NCC(C)N2. The van der Waals surface area contributed by atoms with Crippen LogP contribution in [0.15, 0.2) is 12.3 Å². The van der Waals surface area contributed by atoms with Gasteiger partial charge in [-0.1, -0.05) is 0 Å². The Morgan fingerprint density at radius 2 is 2.42 bits per heavy atom. The Hall–Kier alpha value is -1.25. The maximum Gasteiger partial charge on any atom is 0.149 e. The Morgan fingerprint density at radius 1 is 1.58 bits per heavy atom. The van der Waals surface area contributed by atoms with Crippen LogP contribution >= 0.6 is 0 Å². The summed E-state index contributed by atoms with van der Waals surface area (Å²) < 4.78 is 0. The lowest BCUT2D eigenvalue weighted by atomic mass is 10.2. The highest BCUT2D eigenvalue weighted by atomic mass is 15.1. The van der Waals surface area contributed by atoms with Gasteiger partial charge < -0.3 is 10.6 Å². The minimum absolute atomic E-state index is 0.465. The number of pyridine rings is 1. The van der Waals surface area contributed by atoms with Gasteiger partial charge in [-0.2, -0.15) is 0 Å². The van der Waals surface area contributed by atoms with Crippen LogP contribution in [-0.2, 0) is 0 Å². The van der Waals surface area contributed by atoms with E-state index in [1.807, 2.05) is 13.1 Å². The first kappa shape index (κ1) is 7.40. The highest BCUT2D eigenvalue weighted by Crippen LogP contribution is 2.23. The van der Waals surface area contributed by atoms with Crippen molar-refractivity contribution >= 4 is 11.5 Å². The number of anilines is 2. The average Bonchev–Trinajstić information content (AvgIpc) is 2.05. The first-order valence-electron chi connectivity index (χ1n) is 4.23. The van der Waals surface area contributed by atoms with E-state index in [4.69, 9.17) is 0 Å². The first-order chi connectivity index (χ1) is 5.75. The van der Waals surface area contributed by atoms with E-state index in [2.05, 4.69) is 28.6 Å². The molecule has 0 amide bonds. The molecule has 0 spiro atoms. The molecule has 1 unspecified atom stereocenters. The molecular weight excluding hydrogens is 150 g/mol. The molecule has 1 aliphatic rings. The van der Waals surface area contributed by atoms with E-state index < -0.39 is 0 Å². The van der Waals surface area contributed by atoms with Crippen LogP contribution in [0.3, 0.4) is 0 Å². The summed E-state index contributed by atoms with van der Waals surface area (Å²) in [4.78, 5) is 4.30. The van der Waals surface area contributed by atoms with Crippen LogP contribution < -0.4 is 10.6 Å². The van der Waals surface area contributed by atoms with Crippen molar-refractivity contribution in [2.45, 2.75) is 19.9 Å². The summed E-state index contributed by atoms with van der Waals surface area (Å²) in [6, 6.07) is 2.58. The monoisotopic (exact) mass is 163 g/mol. The van der Waals surface area contributed by atoms with Crippen molar-refractivity contribution < 1.29 is 0 Å². The van der Waals surface area contributed by atoms with Gasteiger partial charge in [0.2, 0.25) is 0 Å². The summed E-state index contributed by atoms with van der Waals surface area (Å²) >= 11 is 0. The highest BCUT2D eigenvalue weighted by Gasteiger charge is 2.13. The zero-order valence-corrected chi connectivity index (χ0v) is 7.39. The van der Waals surface area contributed by atoms with Crippen molar-refractivity contribution in [2.75, 3.05) is 17.2 Å². The maximum atomic E-state index is 4.30. The molecule has 64 valence electrons. The molecule has 0 saturated heterocycles. The van der Waals surface area contributed by atoms with E-state index in [0.717, 1.165) is 18.1 Å². The number of aromatic nitrogens is 1. The molecule has 0 aromatic carbocycles. The van der Waals surface area contributed by atoms with Crippen LogP contribution in [0.2, 0.25) is 0 Å². The molecule has 2 heterocycles. The smallest absolute Gasteiger partial charge is 0.149 e. The molecule has 1 aliphatic heterocycles. The van der Waals surface area contributed by atoms with Gasteiger partial charge in [0, 0.05) is 18.8 Å². The fourth-order valence-corrected chi connectivity index (χ4v) is 1.37. The number of rotatable bonds is 0. The summed E-state index contributed by atoms with van der Waals surface area (Å²) in [7, 11) is 0. The van der Waals surface area contributed by atoms with Gasteiger partial charge in [0.15, 0.2) is 0 Å². The Kier molecular flexibility index (Phi) is 1.64. The number of aryl methyl sites for hydroxylation is 1. The van der Waals surface area contributed by atoms with Crippen LogP contribution in [0.4, 0.5) is 11.5 Å². The van der Waals surface area contributed by atoms with Crippen LogP contribution in [-0.4, -0.2) is 17.6 Å². The third-order valence-corrected chi connectivity index (χ3v) is 2.01. The number of nitrogens with zero attached hydrogens (tertiary/aromatic N) is 1. The van der Waals surface area contributed by atoms with Gasteiger partial charge in [-0.25, -0.2) is 4.98 Å². The Morgan fingerprint density at radius 3 is 3.25 bits per heavy atom. The number of nitrogens with one attached hydrogen (secondary N) is 2. The van der Waals surface area contributed by atoms with Crippen molar-refractivity contribution in [3.8, 4) is 0 Å². The molecule has 12 heavy (non-hydrogen) atoms. The van der Waals surface area contributed by atoms with Gasteiger partial charge in [-0.05, 0) is 25.5 Å². The molecule has 1 aromatic heterocycles. The molecule has 0 radical (unpaired) electrons. The van der Waals surface area contributed by atoms with Gasteiger partial charge in [0.25, 0.3) is 0 Å². The molecule has 0 fully saturated rings. The van der Waals surface area contributed by atoms with Crippen molar-refractivity contribution in [1.82, 2.24) is 4.98 Å². The largest absolute Gasteiger partial charge is 0.380 e. The summed E-state index contributed by atoms with van der Waals surface area (Å²) in [6.45, 7) is 5.16. The third-order valence-electron chi connectivity index (χ3n) is 2.01. The lowest BCUT2D eigenvalue weighted by Crippen LogP contribution is -2.30. The van der Waals surface area contributed by atoms with Crippen LogP contribution in [0.25, 0.3) is 0 Å². The normalized spacial score (nSPS) is 20.7. The summed E-state index contributed by atoms with van der Waals surface area (Å²) in [5.74, 6) is 0.972. The predicted octanol–water partition coefficient (Wildman–Crippen LogP) is 1.62. The molecule has 0 saturated carbocycles. The zero-order valence-electron chi connectivity index (χ0n) is 7.39. The fourth-order valence-electron chi connectivity index (χ4n) is 1.37. The van der Waals surface area contributed by atoms with Gasteiger partial charge in [-0.3, -0.25) is 0 Å². The maximum absolute atomic E-state index is 4.30. The Labute approximate surface area is 72.2 Å². The number of hydrogen-bond acceptors (Lipinski definition) is 3. The minimum atomic E-state index is 0.465. The van der Waals surface area contributed by atoms with E-state index >= 15 is 0 Å². The van der Waals surface area contributed by atoms with Gasteiger partial charge in [0.05, 0.1) is 5.69 Å². The van der Waals surface area contributed by atoms with Crippen LogP contribution in [0.5, 0.6) is 0 Å². The van der Waals surface area contributed by atoms with Crippen molar-refractivity contribution in [3.63, 3.8) is 0 Å². The molecule has 1 atom stereocenters.